The summed E-state index contributed by atoms with van der Waals surface area (Å²) in [5.74, 6) is 1.27. The fraction of sp³-hybridized carbons (Fsp3) is 0.476. The van der Waals surface area contributed by atoms with Crippen molar-refractivity contribution in [2.75, 3.05) is 13.1 Å². The Kier molecular flexibility index (Phi) is 5.38. The number of nitriles is 1. The van der Waals surface area contributed by atoms with E-state index in [0.29, 0.717) is 36.6 Å². The van der Waals surface area contributed by atoms with Crippen LogP contribution in [0.25, 0.3) is 11.5 Å². The normalized spacial score (nSPS) is 19.2. The molecule has 4 rings (SSSR count). The van der Waals surface area contributed by atoms with Crippen molar-refractivity contribution in [1.82, 2.24) is 14.8 Å². The van der Waals surface area contributed by atoms with Gasteiger partial charge in [-0.2, -0.15) is 5.26 Å². The van der Waals surface area contributed by atoms with Crippen molar-refractivity contribution in [1.29, 1.82) is 5.26 Å². The SMILES string of the molecule is Cc1oc(-c2ccccc2Cl)nc1CN(CC(=O)N1CCC[C@H]1C#N)C1CC1. The minimum absolute atomic E-state index is 0.0309. The molecule has 146 valence electrons. The van der Waals surface area contributed by atoms with Gasteiger partial charge in [0.1, 0.15) is 11.8 Å². The third-order valence-corrected chi connectivity index (χ3v) is 5.80. The topological polar surface area (TPSA) is 73.4 Å². The van der Waals surface area contributed by atoms with Gasteiger partial charge in [0.25, 0.3) is 0 Å². The van der Waals surface area contributed by atoms with E-state index < -0.39 is 0 Å². The summed E-state index contributed by atoms with van der Waals surface area (Å²) in [5, 5.41) is 9.85. The molecule has 2 aliphatic rings. The van der Waals surface area contributed by atoms with Crippen LogP contribution in [0, 0.1) is 18.3 Å². The fourth-order valence-electron chi connectivity index (χ4n) is 3.73. The second-order valence-corrected chi connectivity index (χ2v) is 7.92. The van der Waals surface area contributed by atoms with Crippen molar-refractivity contribution < 1.29 is 9.21 Å². The maximum absolute atomic E-state index is 12.8. The summed E-state index contributed by atoms with van der Waals surface area (Å²) in [7, 11) is 0. The molecule has 1 saturated carbocycles. The number of nitrogens with zero attached hydrogens (tertiary/aromatic N) is 4. The first kappa shape index (κ1) is 19.0. The Labute approximate surface area is 169 Å². The molecule has 2 fully saturated rings. The van der Waals surface area contributed by atoms with Gasteiger partial charge in [-0.15, -0.1) is 0 Å². The average Bonchev–Trinajstić information content (AvgIpc) is 3.31. The maximum atomic E-state index is 12.8. The highest BCUT2D eigenvalue weighted by Gasteiger charge is 2.35. The van der Waals surface area contributed by atoms with Crippen molar-refractivity contribution in [3.05, 3.63) is 40.7 Å². The number of likely N-dealkylation sites (tertiary alicyclic amines) is 1. The lowest BCUT2D eigenvalue weighted by atomic mass is 10.2. The van der Waals surface area contributed by atoms with E-state index in [4.69, 9.17) is 16.0 Å². The third-order valence-electron chi connectivity index (χ3n) is 5.47. The molecule has 1 aliphatic carbocycles. The number of halogens is 1. The summed E-state index contributed by atoms with van der Waals surface area (Å²) in [5.41, 5.74) is 1.59. The molecular weight excluding hydrogens is 376 g/mol. The van der Waals surface area contributed by atoms with Crippen LogP contribution in [-0.4, -0.2) is 45.9 Å². The summed E-state index contributed by atoms with van der Waals surface area (Å²) < 4.78 is 5.86. The van der Waals surface area contributed by atoms with Gasteiger partial charge in [0, 0.05) is 19.1 Å². The predicted molar refractivity (Wildman–Crippen MR) is 105 cm³/mol. The minimum atomic E-state index is -0.283. The van der Waals surface area contributed by atoms with Crippen molar-refractivity contribution in [2.45, 2.75) is 51.2 Å². The lowest BCUT2D eigenvalue weighted by Gasteiger charge is -2.25. The zero-order valence-corrected chi connectivity index (χ0v) is 16.7. The van der Waals surface area contributed by atoms with E-state index in [2.05, 4.69) is 16.0 Å². The van der Waals surface area contributed by atoms with Gasteiger partial charge in [-0.1, -0.05) is 23.7 Å². The van der Waals surface area contributed by atoms with Crippen LogP contribution in [0.15, 0.2) is 28.7 Å². The van der Waals surface area contributed by atoms with Crippen LogP contribution < -0.4 is 0 Å². The molecule has 0 spiro atoms. The molecule has 2 heterocycles. The first-order valence-electron chi connectivity index (χ1n) is 9.71. The average molecular weight is 399 g/mol. The number of rotatable bonds is 6. The van der Waals surface area contributed by atoms with Gasteiger partial charge in [-0.05, 0) is 44.7 Å². The molecule has 0 bridgehead atoms. The molecule has 0 unspecified atom stereocenters. The molecular formula is C21H23ClN4O2. The van der Waals surface area contributed by atoms with Gasteiger partial charge in [0.15, 0.2) is 0 Å². The minimum Gasteiger partial charge on any atom is -0.441 e. The van der Waals surface area contributed by atoms with Gasteiger partial charge in [-0.25, -0.2) is 4.98 Å². The van der Waals surface area contributed by atoms with Crippen molar-refractivity contribution in [3.8, 4) is 17.5 Å². The molecule has 28 heavy (non-hydrogen) atoms. The number of benzene rings is 1. The van der Waals surface area contributed by atoms with Crippen LogP contribution in [0.5, 0.6) is 0 Å². The lowest BCUT2D eigenvalue weighted by Crippen LogP contribution is -2.43. The van der Waals surface area contributed by atoms with E-state index in [0.717, 1.165) is 42.7 Å². The molecule has 1 amide bonds. The van der Waals surface area contributed by atoms with Crippen molar-refractivity contribution in [2.24, 2.45) is 0 Å². The highest BCUT2D eigenvalue weighted by atomic mass is 35.5. The predicted octanol–water partition coefficient (Wildman–Crippen LogP) is 3.78. The van der Waals surface area contributed by atoms with Gasteiger partial charge in [0.05, 0.1) is 28.9 Å². The molecule has 1 saturated heterocycles. The molecule has 7 heteroatoms. The number of amides is 1. The van der Waals surface area contributed by atoms with E-state index in [9.17, 15) is 10.1 Å². The number of oxazole rings is 1. The number of aromatic nitrogens is 1. The van der Waals surface area contributed by atoms with Crippen LogP contribution in [0.1, 0.15) is 37.1 Å². The highest BCUT2D eigenvalue weighted by Crippen LogP contribution is 2.32. The van der Waals surface area contributed by atoms with E-state index in [1.165, 1.54) is 0 Å². The second-order valence-electron chi connectivity index (χ2n) is 7.51. The Hall–Kier alpha value is -2.36. The van der Waals surface area contributed by atoms with E-state index in [-0.39, 0.29) is 11.9 Å². The summed E-state index contributed by atoms with van der Waals surface area (Å²) in [6.07, 6.45) is 3.85. The number of carbonyl (C=O) groups excluding carboxylic acids is 1. The van der Waals surface area contributed by atoms with Crippen LogP contribution in [0.2, 0.25) is 5.02 Å². The van der Waals surface area contributed by atoms with Gasteiger partial charge < -0.3 is 9.32 Å². The standard InChI is InChI=1S/C21H23ClN4O2/c1-14-19(24-21(28-14)17-6-2-3-7-18(17)22)12-25(15-8-9-15)13-20(27)26-10-4-5-16(26)11-23/h2-3,6-7,15-16H,4-5,8-10,12-13H2,1H3/t16-/m0/s1. The van der Waals surface area contributed by atoms with Crippen LogP contribution in [0.3, 0.4) is 0 Å². The van der Waals surface area contributed by atoms with Gasteiger partial charge in [0.2, 0.25) is 11.8 Å². The Bertz CT molecular complexity index is 915. The molecule has 1 aromatic carbocycles. The second kappa shape index (κ2) is 7.94. The monoisotopic (exact) mass is 398 g/mol. The summed E-state index contributed by atoms with van der Waals surface area (Å²) >= 11 is 6.27. The van der Waals surface area contributed by atoms with Crippen molar-refractivity contribution >= 4 is 17.5 Å². The Morgan fingerprint density at radius 1 is 1.39 bits per heavy atom. The van der Waals surface area contributed by atoms with E-state index >= 15 is 0 Å². The number of aryl methyl sites for hydroxylation is 1. The summed E-state index contributed by atoms with van der Waals surface area (Å²) in [4.78, 5) is 21.3. The molecule has 1 aliphatic heterocycles. The molecule has 6 nitrogen and oxygen atoms in total. The van der Waals surface area contributed by atoms with Gasteiger partial charge >= 0.3 is 0 Å². The van der Waals surface area contributed by atoms with E-state index in [1.807, 2.05) is 31.2 Å². The quantitative estimate of drug-likeness (QED) is 0.740. The molecule has 1 atom stereocenters. The van der Waals surface area contributed by atoms with Crippen LogP contribution >= 0.6 is 11.6 Å². The third kappa shape index (κ3) is 3.91. The fourth-order valence-corrected chi connectivity index (χ4v) is 3.95. The summed E-state index contributed by atoms with van der Waals surface area (Å²) in [6, 6.07) is 9.82. The molecule has 0 radical (unpaired) electrons. The van der Waals surface area contributed by atoms with Crippen molar-refractivity contribution in [3.63, 3.8) is 0 Å². The lowest BCUT2D eigenvalue weighted by molar-refractivity contribution is -0.132. The van der Waals surface area contributed by atoms with Gasteiger partial charge in [-0.3, -0.25) is 9.69 Å². The Balaban J connectivity index is 1.49. The largest absolute Gasteiger partial charge is 0.441 e. The maximum Gasteiger partial charge on any atom is 0.237 e. The zero-order chi connectivity index (χ0) is 19.7. The molecule has 1 aromatic heterocycles. The first-order chi connectivity index (χ1) is 13.6. The highest BCUT2D eigenvalue weighted by molar-refractivity contribution is 6.33. The number of carbonyl (C=O) groups is 1. The summed E-state index contributed by atoms with van der Waals surface area (Å²) in [6.45, 7) is 3.44. The first-order valence-corrected chi connectivity index (χ1v) is 10.1. The smallest absolute Gasteiger partial charge is 0.237 e. The number of hydrogen-bond acceptors (Lipinski definition) is 5. The molecule has 0 N–H and O–H groups in total. The Morgan fingerprint density at radius 2 is 2.18 bits per heavy atom. The Morgan fingerprint density at radius 3 is 2.89 bits per heavy atom. The van der Waals surface area contributed by atoms with Crippen LogP contribution in [0.4, 0.5) is 0 Å². The zero-order valence-electron chi connectivity index (χ0n) is 15.9. The number of hydrogen-bond donors (Lipinski definition) is 0. The van der Waals surface area contributed by atoms with Crippen LogP contribution in [-0.2, 0) is 11.3 Å². The molecule has 2 aromatic rings. The van der Waals surface area contributed by atoms with E-state index in [1.54, 1.807) is 4.90 Å².